The first-order valence-corrected chi connectivity index (χ1v) is 4.85. The molecule has 0 saturated heterocycles. The highest BCUT2D eigenvalue weighted by Gasteiger charge is 2.40. The molecule has 0 amide bonds. The van der Waals surface area contributed by atoms with Gasteiger partial charge in [-0.05, 0) is 19.3 Å². The van der Waals surface area contributed by atoms with Crippen molar-refractivity contribution >= 4 is 0 Å². The van der Waals surface area contributed by atoms with Crippen molar-refractivity contribution in [1.29, 1.82) is 5.26 Å². The number of rotatable bonds is 5. The monoisotopic (exact) mass is 223 g/mol. The summed E-state index contributed by atoms with van der Waals surface area (Å²) in [5.41, 5.74) is 0. The van der Waals surface area contributed by atoms with Gasteiger partial charge in [-0.2, -0.15) is 18.4 Å². The van der Waals surface area contributed by atoms with E-state index in [0.29, 0.717) is 12.3 Å². The molecule has 0 aromatic rings. The second-order valence-corrected chi connectivity index (χ2v) is 4.00. The maximum absolute atomic E-state index is 12.1. The zero-order chi connectivity index (χ0) is 12.1. The molecule has 0 rings (SSSR count). The molecule has 0 aliphatic heterocycles. The van der Waals surface area contributed by atoms with Crippen LogP contribution in [0.15, 0.2) is 0 Å². The topological polar surface area (TPSA) is 33.0 Å². The molecule has 0 fully saturated rings. The van der Waals surface area contributed by atoms with Gasteiger partial charge in [-0.1, -0.05) is 13.8 Å². The van der Waals surface area contributed by atoms with Crippen molar-refractivity contribution in [1.82, 2.24) is 0 Å². The maximum atomic E-state index is 12.1. The molecule has 15 heavy (non-hydrogen) atoms. The van der Waals surface area contributed by atoms with Crippen LogP contribution >= 0.6 is 0 Å². The van der Waals surface area contributed by atoms with Crippen molar-refractivity contribution in [3.63, 3.8) is 0 Å². The van der Waals surface area contributed by atoms with Gasteiger partial charge in [0.05, 0.1) is 18.8 Å². The first-order valence-electron chi connectivity index (χ1n) is 4.85. The molecule has 2 unspecified atom stereocenters. The number of hydrogen-bond donors (Lipinski definition) is 0. The average molecular weight is 223 g/mol. The quantitative estimate of drug-likeness (QED) is 0.717. The van der Waals surface area contributed by atoms with Crippen LogP contribution in [0.2, 0.25) is 0 Å². The van der Waals surface area contributed by atoms with Crippen LogP contribution in [-0.4, -0.2) is 18.9 Å². The molecule has 0 aliphatic rings. The van der Waals surface area contributed by atoms with Crippen molar-refractivity contribution in [2.75, 3.05) is 6.61 Å². The van der Waals surface area contributed by atoms with E-state index in [1.807, 2.05) is 13.8 Å². The van der Waals surface area contributed by atoms with Crippen LogP contribution in [0.25, 0.3) is 0 Å². The predicted octanol–water partition coefficient (Wildman–Crippen LogP) is 3.14. The van der Waals surface area contributed by atoms with Crippen LogP contribution in [0.4, 0.5) is 13.2 Å². The lowest BCUT2D eigenvalue weighted by Crippen LogP contribution is -2.28. The van der Waals surface area contributed by atoms with Crippen molar-refractivity contribution < 1.29 is 17.9 Å². The third-order valence-electron chi connectivity index (χ3n) is 1.90. The third-order valence-corrected chi connectivity index (χ3v) is 1.90. The Morgan fingerprint density at radius 1 is 1.27 bits per heavy atom. The molecule has 0 bridgehead atoms. The molecule has 2 atom stereocenters. The van der Waals surface area contributed by atoms with Crippen LogP contribution in [0.3, 0.4) is 0 Å². The Morgan fingerprint density at radius 3 is 2.13 bits per heavy atom. The van der Waals surface area contributed by atoms with Crippen molar-refractivity contribution in [2.45, 2.75) is 39.5 Å². The average Bonchev–Trinajstić information content (AvgIpc) is 2.01. The fourth-order valence-electron chi connectivity index (χ4n) is 1.20. The summed E-state index contributed by atoms with van der Waals surface area (Å²) in [6.07, 6.45) is -4.05. The minimum Gasteiger partial charge on any atom is -0.377 e. The van der Waals surface area contributed by atoms with Gasteiger partial charge in [0.1, 0.15) is 0 Å². The Kier molecular flexibility index (Phi) is 5.66. The second kappa shape index (κ2) is 5.96. The van der Waals surface area contributed by atoms with Crippen LogP contribution in [0, 0.1) is 23.2 Å². The first kappa shape index (κ1) is 14.2. The van der Waals surface area contributed by atoms with E-state index in [2.05, 4.69) is 0 Å². The summed E-state index contributed by atoms with van der Waals surface area (Å²) in [5.74, 6) is -1.65. The largest absolute Gasteiger partial charge is 0.406 e. The lowest BCUT2D eigenvalue weighted by Gasteiger charge is -2.18. The SMILES string of the molecule is CC(C)CC(C)OCC(C#N)C(F)(F)F. The number of nitrogens with zero attached hydrogens (tertiary/aromatic N) is 1. The Bertz CT molecular complexity index is 220. The standard InChI is InChI=1S/C10H16F3NO/c1-7(2)4-8(3)15-6-9(5-14)10(11,12)13/h7-9H,4,6H2,1-3H3. The fraction of sp³-hybridized carbons (Fsp3) is 0.900. The van der Waals surface area contributed by atoms with Gasteiger partial charge >= 0.3 is 6.18 Å². The van der Waals surface area contributed by atoms with Gasteiger partial charge in [0, 0.05) is 0 Å². The Balaban J connectivity index is 3.98. The Hall–Kier alpha value is -0.760. The zero-order valence-corrected chi connectivity index (χ0v) is 9.14. The highest BCUT2D eigenvalue weighted by molar-refractivity contribution is 4.88. The van der Waals surface area contributed by atoms with Gasteiger partial charge in [-0.3, -0.25) is 0 Å². The van der Waals surface area contributed by atoms with Gasteiger partial charge < -0.3 is 4.74 Å². The minimum absolute atomic E-state index is 0.247. The van der Waals surface area contributed by atoms with E-state index < -0.39 is 18.7 Å². The minimum atomic E-state index is -4.49. The van der Waals surface area contributed by atoms with Crippen LogP contribution in [0.5, 0.6) is 0 Å². The third kappa shape index (κ3) is 6.34. The normalized spacial score (nSPS) is 16.1. The number of halogens is 3. The summed E-state index contributed by atoms with van der Waals surface area (Å²) in [4.78, 5) is 0. The highest BCUT2D eigenvalue weighted by atomic mass is 19.4. The lowest BCUT2D eigenvalue weighted by molar-refractivity contribution is -0.175. The molecule has 2 nitrogen and oxygen atoms in total. The first-order chi connectivity index (χ1) is 6.77. The molecular formula is C10H16F3NO. The molecule has 0 spiro atoms. The van der Waals surface area contributed by atoms with Crippen LogP contribution < -0.4 is 0 Å². The molecule has 0 aromatic heterocycles. The van der Waals surface area contributed by atoms with E-state index in [-0.39, 0.29) is 6.10 Å². The van der Waals surface area contributed by atoms with E-state index in [0.717, 1.165) is 0 Å². The van der Waals surface area contributed by atoms with E-state index in [4.69, 9.17) is 10.00 Å². The highest BCUT2D eigenvalue weighted by Crippen LogP contribution is 2.26. The predicted molar refractivity (Wildman–Crippen MR) is 50.0 cm³/mol. The Morgan fingerprint density at radius 2 is 1.80 bits per heavy atom. The molecule has 0 N–H and O–H groups in total. The van der Waals surface area contributed by atoms with Gasteiger partial charge in [-0.15, -0.1) is 0 Å². The fourth-order valence-corrected chi connectivity index (χ4v) is 1.20. The van der Waals surface area contributed by atoms with Gasteiger partial charge in [0.2, 0.25) is 0 Å². The zero-order valence-electron chi connectivity index (χ0n) is 9.14. The van der Waals surface area contributed by atoms with Crippen molar-refractivity contribution in [3.05, 3.63) is 0 Å². The Labute approximate surface area is 88.0 Å². The number of alkyl halides is 3. The summed E-state index contributed by atoms with van der Waals surface area (Å²) < 4.78 is 41.4. The molecular weight excluding hydrogens is 207 g/mol. The number of ether oxygens (including phenoxy) is 1. The van der Waals surface area contributed by atoms with E-state index in [1.165, 1.54) is 6.07 Å². The maximum Gasteiger partial charge on any atom is 0.406 e. The van der Waals surface area contributed by atoms with Gasteiger partial charge in [-0.25, -0.2) is 0 Å². The summed E-state index contributed by atoms with van der Waals surface area (Å²) in [5, 5.41) is 8.31. The lowest BCUT2D eigenvalue weighted by atomic mass is 10.1. The molecule has 88 valence electrons. The summed E-state index contributed by atoms with van der Waals surface area (Å²) in [6.45, 7) is 5.06. The smallest absolute Gasteiger partial charge is 0.377 e. The van der Waals surface area contributed by atoms with Crippen molar-refractivity contribution in [3.8, 4) is 6.07 Å². The van der Waals surface area contributed by atoms with Gasteiger partial charge in [0.15, 0.2) is 5.92 Å². The number of hydrogen-bond acceptors (Lipinski definition) is 2. The molecule has 5 heteroatoms. The molecule has 0 aromatic carbocycles. The summed E-state index contributed by atoms with van der Waals surface area (Å²) >= 11 is 0. The van der Waals surface area contributed by atoms with Gasteiger partial charge in [0.25, 0.3) is 0 Å². The van der Waals surface area contributed by atoms with Crippen LogP contribution in [0.1, 0.15) is 27.2 Å². The summed E-state index contributed by atoms with van der Waals surface area (Å²) in [7, 11) is 0. The van der Waals surface area contributed by atoms with E-state index >= 15 is 0 Å². The molecule has 0 aliphatic carbocycles. The molecule has 0 radical (unpaired) electrons. The second-order valence-electron chi connectivity index (χ2n) is 4.00. The van der Waals surface area contributed by atoms with E-state index in [9.17, 15) is 13.2 Å². The molecule has 0 saturated carbocycles. The van der Waals surface area contributed by atoms with Crippen molar-refractivity contribution in [2.24, 2.45) is 11.8 Å². The molecule has 0 heterocycles. The van der Waals surface area contributed by atoms with Crippen LogP contribution in [-0.2, 0) is 4.74 Å². The number of nitriles is 1. The summed E-state index contributed by atoms with van der Waals surface area (Å²) in [6, 6.07) is 1.20. The van der Waals surface area contributed by atoms with E-state index in [1.54, 1.807) is 6.92 Å².